The summed E-state index contributed by atoms with van der Waals surface area (Å²) in [6.07, 6.45) is 1.50. The Morgan fingerprint density at radius 1 is 1.25 bits per heavy atom. The lowest BCUT2D eigenvalue weighted by molar-refractivity contribution is 0.337. The van der Waals surface area contributed by atoms with Crippen LogP contribution in [-0.2, 0) is 0 Å². The van der Waals surface area contributed by atoms with Gasteiger partial charge in [-0.15, -0.1) is 0 Å². The van der Waals surface area contributed by atoms with E-state index in [4.69, 9.17) is 17.0 Å². The SMILES string of the molecule is CCOc1ccc(/C=N/NC(=S)Nc2c(C)cccc2C)c(O)c1. The molecule has 2 rings (SSSR count). The molecule has 0 unspecified atom stereocenters. The van der Waals surface area contributed by atoms with Crippen LogP contribution in [0.2, 0.25) is 0 Å². The Morgan fingerprint density at radius 3 is 2.58 bits per heavy atom. The third kappa shape index (κ3) is 4.70. The first-order valence-corrected chi connectivity index (χ1v) is 8.04. The van der Waals surface area contributed by atoms with Crippen LogP contribution in [0.15, 0.2) is 41.5 Å². The van der Waals surface area contributed by atoms with Gasteiger partial charge in [0.2, 0.25) is 0 Å². The quantitative estimate of drug-likeness (QED) is 0.439. The molecule has 0 aliphatic carbocycles. The summed E-state index contributed by atoms with van der Waals surface area (Å²) in [6, 6.07) is 11.1. The van der Waals surface area contributed by atoms with Gasteiger partial charge in [0, 0.05) is 17.3 Å². The molecule has 0 spiro atoms. The Bertz CT molecular complexity index is 740. The number of hydrogen-bond donors (Lipinski definition) is 3. The third-order valence-electron chi connectivity index (χ3n) is 3.40. The number of phenolic OH excluding ortho intramolecular Hbond substituents is 1. The van der Waals surface area contributed by atoms with Gasteiger partial charge in [0.1, 0.15) is 11.5 Å². The van der Waals surface area contributed by atoms with Crippen LogP contribution in [-0.4, -0.2) is 23.0 Å². The molecule has 5 nitrogen and oxygen atoms in total. The van der Waals surface area contributed by atoms with Crippen LogP contribution in [0.1, 0.15) is 23.6 Å². The molecule has 0 amide bonds. The number of nitrogens with zero attached hydrogens (tertiary/aromatic N) is 1. The van der Waals surface area contributed by atoms with Gasteiger partial charge in [-0.1, -0.05) is 18.2 Å². The van der Waals surface area contributed by atoms with E-state index in [1.54, 1.807) is 18.2 Å². The summed E-state index contributed by atoms with van der Waals surface area (Å²) in [5.74, 6) is 0.715. The standard InChI is InChI=1S/C18H21N3O2S/c1-4-23-15-9-8-14(16(22)10-15)11-19-21-18(24)20-17-12(2)6-5-7-13(17)3/h5-11,22H,4H2,1-3H3,(H2,20,21,24)/b19-11+. The van der Waals surface area contributed by atoms with Gasteiger partial charge < -0.3 is 15.2 Å². The van der Waals surface area contributed by atoms with Crippen molar-refractivity contribution in [3.05, 3.63) is 53.1 Å². The van der Waals surface area contributed by atoms with E-state index in [1.165, 1.54) is 6.21 Å². The number of hydrazone groups is 1. The van der Waals surface area contributed by atoms with Gasteiger partial charge in [0.25, 0.3) is 0 Å². The number of para-hydroxylation sites is 1. The van der Waals surface area contributed by atoms with Gasteiger partial charge >= 0.3 is 0 Å². The van der Waals surface area contributed by atoms with E-state index in [9.17, 15) is 5.11 Å². The summed E-state index contributed by atoms with van der Waals surface area (Å²) < 4.78 is 5.32. The van der Waals surface area contributed by atoms with Crippen LogP contribution >= 0.6 is 12.2 Å². The fourth-order valence-corrected chi connectivity index (χ4v) is 2.36. The predicted octanol–water partition coefficient (Wildman–Crippen LogP) is 3.73. The summed E-state index contributed by atoms with van der Waals surface area (Å²) in [6.45, 7) is 6.46. The normalized spacial score (nSPS) is 10.6. The number of thiocarbonyl (C=S) groups is 1. The molecule has 3 N–H and O–H groups in total. The monoisotopic (exact) mass is 343 g/mol. The van der Waals surface area contributed by atoms with Crippen LogP contribution in [0.25, 0.3) is 0 Å². The van der Waals surface area contributed by atoms with Crippen molar-refractivity contribution in [2.24, 2.45) is 5.10 Å². The van der Waals surface area contributed by atoms with Crippen molar-refractivity contribution in [3.63, 3.8) is 0 Å². The lowest BCUT2D eigenvalue weighted by atomic mass is 10.1. The number of rotatable bonds is 5. The Morgan fingerprint density at radius 2 is 1.96 bits per heavy atom. The third-order valence-corrected chi connectivity index (χ3v) is 3.60. The minimum atomic E-state index is 0.0973. The maximum absolute atomic E-state index is 9.94. The number of nitrogens with one attached hydrogen (secondary N) is 2. The number of aryl methyl sites for hydroxylation is 2. The van der Waals surface area contributed by atoms with Gasteiger partial charge in [-0.05, 0) is 56.2 Å². The number of anilines is 1. The van der Waals surface area contributed by atoms with Crippen LogP contribution in [0, 0.1) is 13.8 Å². The molecule has 0 aromatic heterocycles. The Labute approximate surface area is 147 Å². The van der Waals surface area contributed by atoms with E-state index in [2.05, 4.69) is 15.8 Å². The first-order chi connectivity index (χ1) is 11.5. The number of phenols is 1. The summed E-state index contributed by atoms with van der Waals surface area (Å²) in [4.78, 5) is 0. The van der Waals surface area contributed by atoms with Gasteiger partial charge in [-0.25, -0.2) is 0 Å². The maximum atomic E-state index is 9.94. The van der Waals surface area contributed by atoms with Crippen molar-refractivity contribution in [3.8, 4) is 11.5 Å². The molecular formula is C18H21N3O2S. The molecule has 2 aromatic rings. The first-order valence-electron chi connectivity index (χ1n) is 7.63. The zero-order valence-electron chi connectivity index (χ0n) is 14.0. The Kier molecular flexibility index (Phi) is 6.14. The van der Waals surface area contributed by atoms with Gasteiger partial charge in [0.15, 0.2) is 5.11 Å². The Hall–Kier alpha value is -2.60. The van der Waals surface area contributed by atoms with E-state index >= 15 is 0 Å². The molecular weight excluding hydrogens is 322 g/mol. The molecule has 0 radical (unpaired) electrons. The number of ether oxygens (including phenoxy) is 1. The topological polar surface area (TPSA) is 65.9 Å². The van der Waals surface area contributed by atoms with Gasteiger partial charge in [-0.2, -0.15) is 5.10 Å². The molecule has 24 heavy (non-hydrogen) atoms. The number of hydrogen-bond acceptors (Lipinski definition) is 4. The molecule has 6 heteroatoms. The van der Waals surface area contributed by atoms with Gasteiger partial charge in [0.05, 0.1) is 12.8 Å². The summed E-state index contributed by atoms with van der Waals surface area (Å²) in [5, 5.41) is 17.5. The van der Waals surface area contributed by atoms with Crippen LogP contribution in [0.5, 0.6) is 11.5 Å². The van der Waals surface area contributed by atoms with E-state index in [0.717, 1.165) is 16.8 Å². The second kappa shape index (κ2) is 8.31. The van der Waals surface area contributed by atoms with E-state index in [1.807, 2.05) is 39.0 Å². The van der Waals surface area contributed by atoms with Crippen molar-refractivity contribution in [2.45, 2.75) is 20.8 Å². The highest BCUT2D eigenvalue weighted by atomic mass is 32.1. The number of aromatic hydroxyl groups is 1. The Balaban J connectivity index is 1.97. The molecule has 126 valence electrons. The van der Waals surface area contributed by atoms with E-state index in [0.29, 0.717) is 23.0 Å². The van der Waals surface area contributed by atoms with Crippen LogP contribution < -0.4 is 15.5 Å². The largest absolute Gasteiger partial charge is 0.507 e. The molecule has 0 saturated heterocycles. The molecule has 0 heterocycles. The highest BCUT2D eigenvalue weighted by molar-refractivity contribution is 7.80. The fourth-order valence-electron chi connectivity index (χ4n) is 2.20. The smallest absolute Gasteiger partial charge is 0.191 e. The molecule has 0 aliphatic rings. The van der Waals surface area contributed by atoms with E-state index < -0.39 is 0 Å². The van der Waals surface area contributed by atoms with E-state index in [-0.39, 0.29) is 5.75 Å². The fraction of sp³-hybridized carbons (Fsp3) is 0.222. The van der Waals surface area contributed by atoms with Crippen LogP contribution in [0.3, 0.4) is 0 Å². The zero-order valence-corrected chi connectivity index (χ0v) is 14.8. The van der Waals surface area contributed by atoms with Crippen LogP contribution in [0.4, 0.5) is 5.69 Å². The second-order valence-electron chi connectivity index (χ2n) is 5.24. The molecule has 2 aromatic carbocycles. The van der Waals surface area contributed by atoms with Crippen molar-refractivity contribution in [1.29, 1.82) is 0 Å². The average molecular weight is 343 g/mol. The lowest BCUT2D eigenvalue weighted by Gasteiger charge is -2.12. The summed E-state index contributed by atoms with van der Waals surface area (Å²) >= 11 is 5.24. The first kappa shape index (κ1) is 17.7. The lowest BCUT2D eigenvalue weighted by Crippen LogP contribution is -2.24. The second-order valence-corrected chi connectivity index (χ2v) is 5.65. The minimum absolute atomic E-state index is 0.0973. The highest BCUT2D eigenvalue weighted by Crippen LogP contribution is 2.22. The molecule has 0 atom stereocenters. The molecule has 0 bridgehead atoms. The summed E-state index contributed by atoms with van der Waals surface area (Å²) in [7, 11) is 0. The zero-order chi connectivity index (χ0) is 17.5. The van der Waals surface area contributed by atoms with Crippen molar-refractivity contribution < 1.29 is 9.84 Å². The van der Waals surface area contributed by atoms with Crippen molar-refractivity contribution in [1.82, 2.24) is 5.43 Å². The molecule has 0 saturated carbocycles. The van der Waals surface area contributed by atoms with Gasteiger partial charge in [-0.3, -0.25) is 5.43 Å². The maximum Gasteiger partial charge on any atom is 0.191 e. The minimum Gasteiger partial charge on any atom is -0.507 e. The summed E-state index contributed by atoms with van der Waals surface area (Å²) in [5.41, 5.74) is 6.49. The number of benzene rings is 2. The molecule has 0 aliphatic heterocycles. The van der Waals surface area contributed by atoms with Crippen molar-refractivity contribution in [2.75, 3.05) is 11.9 Å². The average Bonchev–Trinajstić information content (AvgIpc) is 2.53. The van der Waals surface area contributed by atoms with Crippen molar-refractivity contribution >= 4 is 29.2 Å². The highest BCUT2D eigenvalue weighted by Gasteiger charge is 2.04. The predicted molar refractivity (Wildman–Crippen MR) is 102 cm³/mol. The molecule has 0 fully saturated rings.